The fourth-order valence-corrected chi connectivity index (χ4v) is 5.35. The lowest BCUT2D eigenvalue weighted by atomic mass is 9.95. The van der Waals surface area contributed by atoms with Gasteiger partial charge >= 0.3 is 5.97 Å². The highest BCUT2D eigenvalue weighted by Crippen LogP contribution is 2.40. The van der Waals surface area contributed by atoms with Crippen molar-refractivity contribution in [2.45, 2.75) is 68.0 Å². The van der Waals surface area contributed by atoms with Crippen molar-refractivity contribution in [3.63, 3.8) is 0 Å². The summed E-state index contributed by atoms with van der Waals surface area (Å²) in [6.45, 7) is 1.93. The summed E-state index contributed by atoms with van der Waals surface area (Å²) in [5.74, 6) is 1.98. The number of esters is 1. The number of thioether (sulfide) groups is 1. The predicted octanol–water partition coefficient (Wildman–Crippen LogP) is 4.26. The number of hydrogen-bond donors (Lipinski definition) is 0. The molecular weight excluding hydrogens is 390 g/mol. The molecule has 2 aliphatic rings. The summed E-state index contributed by atoms with van der Waals surface area (Å²) in [5.41, 5.74) is 0.926. The Bertz CT molecular complexity index is 879. The Balaban J connectivity index is 1.72. The molecule has 0 radical (unpaired) electrons. The largest absolute Gasteiger partial charge is 0.493 e. The van der Waals surface area contributed by atoms with Gasteiger partial charge in [0.1, 0.15) is 11.4 Å². The zero-order chi connectivity index (χ0) is 20.4. The van der Waals surface area contributed by atoms with Crippen molar-refractivity contribution in [1.82, 2.24) is 14.8 Å². The molecule has 1 aliphatic heterocycles. The van der Waals surface area contributed by atoms with Crippen molar-refractivity contribution in [2.24, 2.45) is 0 Å². The van der Waals surface area contributed by atoms with Crippen molar-refractivity contribution in [2.75, 3.05) is 14.2 Å². The molecule has 8 heteroatoms. The van der Waals surface area contributed by atoms with Crippen molar-refractivity contribution in [3.05, 3.63) is 18.2 Å². The highest BCUT2D eigenvalue weighted by molar-refractivity contribution is 8.00. The van der Waals surface area contributed by atoms with Crippen LogP contribution in [0.2, 0.25) is 0 Å². The molecule has 2 fully saturated rings. The lowest BCUT2D eigenvalue weighted by Crippen LogP contribution is -2.17. The van der Waals surface area contributed by atoms with E-state index < -0.39 is 0 Å². The SMILES string of the molecule is COc1ccc(-c2nnc(SC3CC(C)OC3=O)n2C2CCCCC2)cc1OC. The van der Waals surface area contributed by atoms with Crippen LogP contribution in [0.1, 0.15) is 51.5 Å². The molecule has 0 amide bonds. The number of hydrogen-bond acceptors (Lipinski definition) is 7. The van der Waals surface area contributed by atoms with E-state index in [4.69, 9.17) is 14.2 Å². The Labute approximate surface area is 175 Å². The van der Waals surface area contributed by atoms with Crippen LogP contribution in [-0.4, -0.2) is 46.3 Å². The first kappa shape index (κ1) is 20.1. The summed E-state index contributed by atoms with van der Waals surface area (Å²) in [7, 11) is 3.25. The van der Waals surface area contributed by atoms with Gasteiger partial charge in [-0.2, -0.15) is 0 Å². The van der Waals surface area contributed by atoms with Gasteiger partial charge in [0.05, 0.1) is 14.2 Å². The zero-order valence-electron chi connectivity index (χ0n) is 17.1. The van der Waals surface area contributed by atoms with Gasteiger partial charge in [0.2, 0.25) is 0 Å². The van der Waals surface area contributed by atoms with Gasteiger partial charge in [-0.1, -0.05) is 31.0 Å². The van der Waals surface area contributed by atoms with E-state index in [1.165, 1.54) is 31.0 Å². The first-order valence-corrected chi connectivity index (χ1v) is 11.0. The Morgan fingerprint density at radius 3 is 2.52 bits per heavy atom. The van der Waals surface area contributed by atoms with E-state index in [2.05, 4.69) is 14.8 Å². The maximum absolute atomic E-state index is 12.2. The second-order valence-corrected chi connectivity index (χ2v) is 8.80. The molecule has 1 aromatic carbocycles. The first-order chi connectivity index (χ1) is 14.1. The number of benzene rings is 1. The van der Waals surface area contributed by atoms with Gasteiger partial charge in [-0.3, -0.25) is 9.36 Å². The minimum absolute atomic E-state index is 0.0450. The van der Waals surface area contributed by atoms with Crippen molar-refractivity contribution >= 4 is 17.7 Å². The van der Waals surface area contributed by atoms with Crippen LogP contribution < -0.4 is 9.47 Å². The third-order valence-electron chi connectivity index (χ3n) is 5.62. The Hall–Kier alpha value is -2.22. The minimum Gasteiger partial charge on any atom is -0.493 e. The molecule has 1 aromatic heterocycles. The summed E-state index contributed by atoms with van der Waals surface area (Å²) < 4.78 is 18.4. The van der Waals surface area contributed by atoms with Crippen LogP contribution in [0.3, 0.4) is 0 Å². The van der Waals surface area contributed by atoms with E-state index in [0.29, 0.717) is 24.0 Å². The summed E-state index contributed by atoms with van der Waals surface area (Å²) >= 11 is 1.48. The molecule has 2 unspecified atom stereocenters. The fourth-order valence-electron chi connectivity index (χ4n) is 4.14. The second-order valence-electron chi connectivity index (χ2n) is 7.63. The molecule has 0 N–H and O–H groups in total. The quantitative estimate of drug-likeness (QED) is 0.650. The molecule has 7 nitrogen and oxygen atoms in total. The van der Waals surface area contributed by atoms with Crippen molar-refractivity contribution < 1.29 is 19.0 Å². The lowest BCUT2D eigenvalue weighted by molar-refractivity contribution is -0.140. The van der Waals surface area contributed by atoms with Crippen molar-refractivity contribution in [1.29, 1.82) is 0 Å². The zero-order valence-corrected chi connectivity index (χ0v) is 17.9. The highest BCUT2D eigenvalue weighted by Gasteiger charge is 2.35. The number of cyclic esters (lactones) is 1. The third kappa shape index (κ3) is 4.08. The average Bonchev–Trinajstić information content (AvgIpc) is 3.30. The fraction of sp³-hybridized carbons (Fsp3) is 0.571. The number of nitrogens with zero attached hydrogens (tertiary/aromatic N) is 3. The summed E-state index contributed by atoms with van der Waals surface area (Å²) in [5, 5.41) is 9.57. The molecule has 156 valence electrons. The lowest BCUT2D eigenvalue weighted by Gasteiger charge is -2.26. The van der Waals surface area contributed by atoms with Crippen LogP contribution in [-0.2, 0) is 9.53 Å². The predicted molar refractivity (Wildman–Crippen MR) is 111 cm³/mol. The summed E-state index contributed by atoms with van der Waals surface area (Å²) in [4.78, 5) is 12.2. The van der Waals surface area contributed by atoms with Gasteiger partial charge in [-0.25, -0.2) is 0 Å². The number of rotatable bonds is 6. The van der Waals surface area contributed by atoms with Gasteiger partial charge in [0, 0.05) is 18.0 Å². The van der Waals surface area contributed by atoms with E-state index >= 15 is 0 Å². The molecule has 4 rings (SSSR count). The molecule has 29 heavy (non-hydrogen) atoms. The monoisotopic (exact) mass is 417 g/mol. The van der Waals surface area contributed by atoms with E-state index in [-0.39, 0.29) is 17.3 Å². The first-order valence-electron chi connectivity index (χ1n) is 10.1. The molecule has 0 spiro atoms. The maximum atomic E-state index is 12.2. The Morgan fingerprint density at radius 2 is 1.86 bits per heavy atom. The third-order valence-corrected chi connectivity index (χ3v) is 6.78. The van der Waals surface area contributed by atoms with Gasteiger partial charge in [-0.15, -0.1) is 10.2 Å². The highest BCUT2D eigenvalue weighted by atomic mass is 32.2. The molecule has 2 atom stereocenters. The summed E-state index contributed by atoms with van der Waals surface area (Å²) in [6.07, 6.45) is 6.50. The molecule has 1 aliphatic carbocycles. The topological polar surface area (TPSA) is 75.5 Å². The molecule has 2 aromatic rings. The van der Waals surface area contributed by atoms with Gasteiger partial charge in [-0.05, 0) is 38.0 Å². The van der Waals surface area contributed by atoms with Crippen LogP contribution in [0.4, 0.5) is 0 Å². The molecule has 0 bridgehead atoms. The van der Waals surface area contributed by atoms with Crippen LogP contribution in [0.5, 0.6) is 11.5 Å². The average molecular weight is 418 g/mol. The van der Waals surface area contributed by atoms with Crippen molar-refractivity contribution in [3.8, 4) is 22.9 Å². The number of ether oxygens (including phenoxy) is 3. The van der Waals surface area contributed by atoms with Crippen LogP contribution in [0.15, 0.2) is 23.4 Å². The summed E-state index contributed by atoms with van der Waals surface area (Å²) in [6, 6.07) is 6.13. The van der Waals surface area contributed by atoms with Gasteiger partial charge in [0.25, 0.3) is 0 Å². The second kappa shape index (κ2) is 8.65. The number of aromatic nitrogens is 3. The van der Waals surface area contributed by atoms with E-state index in [9.17, 15) is 4.79 Å². The molecular formula is C21H27N3O4S. The Kier molecular flexibility index (Phi) is 5.99. The van der Waals surface area contributed by atoms with Crippen LogP contribution in [0.25, 0.3) is 11.4 Å². The Morgan fingerprint density at radius 1 is 1.10 bits per heavy atom. The minimum atomic E-state index is -0.227. The molecule has 1 saturated carbocycles. The van der Waals surface area contributed by atoms with Crippen LogP contribution in [0, 0.1) is 0 Å². The smallest absolute Gasteiger partial charge is 0.319 e. The van der Waals surface area contributed by atoms with Gasteiger partial charge in [0.15, 0.2) is 22.5 Å². The van der Waals surface area contributed by atoms with E-state index in [1.54, 1.807) is 14.2 Å². The standard InChI is InChI=1S/C21H27N3O4S/c1-13-11-18(20(25)28-13)29-21-23-22-19(24(21)15-7-5-4-6-8-15)14-9-10-16(26-2)17(12-14)27-3/h9-10,12-13,15,18H,4-8,11H2,1-3H3. The van der Waals surface area contributed by atoms with E-state index in [0.717, 1.165) is 29.4 Å². The maximum Gasteiger partial charge on any atom is 0.319 e. The number of methoxy groups -OCH3 is 2. The number of carbonyl (C=O) groups excluding carboxylic acids is 1. The molecule has 1 saturated heterocycles. The van der Waals surface area contributed by atoms with Gasteiger partial charge < -0.3 is 14.2 Å². The van der Waals surface area contributed by atoms with E-state index in [1.807, 2.05) is 25.1 Å². The number of carbonyl (C=O) groups is 1. The normalized spacial score (nSPS) is 22.5. The molecule has 2 heterocycles. The van der Waals surface area contributed by atoms with Crippen LogP contribution >= 0.6 is 11.8 Å².